The lowest BCUT2D eigenvalue weighted by molar-refractivity contribution is -0.123. The van der Waals surface area contributed by atoms with Crippen LogP contribution in [0.1, 0.15) is 174 Å². The van der Waals surface area contributed by atoms with Crippen molar-refractivity contribution in [3.05, 3.63) is 24.3 Å². The number of amides is 1. The van der Waals surface area contributed by atoms with E-state index in [-0.39, 0.29) is 12.5 Å². The van der Waals surface area contributed by atoms with Crippen LogP contribution in [0.3, 0.4) is 0 Å². The molecule has 0 saturated carbocycles. The molecule has 0 heterocycles. The predicted octanol–water partition coefficient (Wildman–Crippen LogP) is 9.73. The van der Waals surface area contributed by atoms with Gasteiger partial charge in [0.2, 0.25) is 5.91 Å². The summed E-state index contributed by atoms with van der Waals surface area (Å²) >= 11 is 0. The maximum absolute atomic E-state index is 12.3. The third-order valence-electron chi connectivity index (χ3n) is 7.68. The summed E-state index contributed by atoms with van der Waals surface area (Å²) < 4.78 is 0. The van der Waals surface area contributed by atoms with Gasteiger partial charge in [-0.1, -0.05) is 128 Å². The van der Waals surface area contributed by atoms with Gasteiger partial charge in [-0.3, -0.25) is 4.79 Å². The first kappa shape index (κ1) is 37.9. The number of nitrogens with one attached hydrogen (secondary N) is 1. The van der Waals surface area contributed by atoms with Gasteiger partial charge in [0.1, 0.15) is 0 Å². The average molecular weight is 550 g/mol. The number of aliphatic hydroxyl groups excluding tert-OH is 2. The maximum Gasteiger partial charge on any atom is 0.220 e. The number of allylic oxidation sites excluding steroid dienone is 4. The molecule has 230 valence electrons. The fourth-order valence-corrected chi connectivity index (χ4v) is 4.99. The van der Waals surface area contributed by atoms with Crippen LogP contribution in [-0.4, -0.2) is 34.9 Å². The van der Waals surface area contributed by atoms with Gasteiger partial charge in [-0.05, 0) is 64.2 Å². The quantitative estimate of drug-likeness (QED) is 0.0617. The van der Waals surface area contributed by atoms with Crippen LogP contribution in [-0.2, 0) is 4.79 Å². The van der Waals surface area contributed by atoms with E-state index in [4.69, 9.17) is 0 Å². The summed E-state index contributed by atoms with van der Waals surface area (Å²) in [6.07, 6.45) is 37.9. The van der Waals surface area contributed by atoms with Gasteiger partial charge < -0.3 is 15.5 Å². The van der Waals surface area contributed by atoms with Crippen LogP contribution in [0.5, 0.6) is 0 Å². The summed E-state index contributed by atoms with van der Waals surface area (Å²) in [5, 5.41) is 22.9. The summed E-state index contributed by atoms with van der Waals surface area (Å²) in [5.74, 6) is -0.0524. The summed E-state index contributed by atoms with van der Waals surface area (Å²) in [7, 11) is 0. The Balaban J connectivity index is 3.64. The number of hydrogen-bond acceptors (Lipinski definition) is 3. The number of hydrogen-bond donors (Lipinski definition) is 3. The van der Waals surface area contributed by atoms with Crippen molar-refractivity contribution in [2.24, 2.45) is 0 Å². The summed E-state index contributed by atoms with van der Waals surface area (Å²) in [6.45, 7) is 4.31. The molecule has 0 radical (unpaired) electrons. The van der Waals surface area contributed by atoms with E-state index in [1.54, 1.807) is 0 Å². The van der Waals surface area contributed by atoms with Crippen molar-refractivity contribution >= 4 is 5.91 Å². The summed E-state index contributed by atoms with van der Waals surface area (Å²) in [6, 6.07) is -0.552. The predicted molar refractivity (Wildman–Crippen MR) is 170 cm³/mol. The molecule has 0 spiro atoms. The third-order valence-corrected chi connectivity index (χ3v) is 7.68. The minimum absolute atomic E-state index is 0.0524. The minimum Gasteiger partial charge on any atom is -0.394 e. The number of aliphatic hydroxyl groups is 2. The Morgan fingerprint density at radius 3 is 1.41 bits per heavy atom. The Kier molecular flexibility index (Phi) is 30.5. The molecule has 0 aliphatic rings. The number of carbonyl (C=O) groups excluding carboxylic acids is 1. The highest BCUT2D eigenvalue weighted by atomic mass is 16.3. The SMILES string of the molecule is CCCCCCCC/C=C/CCCCCCCC(=O)N[C@@H](CO)[C@H](O)CCCC/C=C/CCCCCCCC. The van der Waals surface area contributed by atoms with Crippen LogP contribution in [0.25, 0.3) is 0 Å². The molecule has 4 nitrogen and oxygen atoms in total. The molecule has 3 N–H and O–H groups in total. The highest BCUT2D eigenvalue weighted by Crippen LogP contribution is 2.12. The normalized spacial score (nSPS) is 13.4. The number of unbranched alkanes of at least 4 members (excludes halogenated alkanes) is 19. The second-order valence-electron chi connectivity index (χ2n) is 11.6. The Morgan fingerprint density at radius 2 is 0.974 bits per heavy atom. The molecule has 0 rings (SSSR count). The molecule has 2 atom stereocenters. The minimum atomic E-state index is -0.680. The van der Waals surface area contributed by atoms with E-state index in [0.717, 1.165) is 38.5 Å². The summed E-state index contributed by atoms with van der Waals surface area (Å²) in [5.41, 5.74) is 0. The van der Waals surface area contributed by atoms with E-state index < -0.39 is 12.1 Å². The molecule has 0 aromatic heterocycles. The Morgan fingerprint density at radius 1 is 0.590 bits per heavy atom. The molecule has 0 fully saturated rings. The molecule has 39 heavy (non-hydrogen) atoms. The van der Waals surface area contributed by atoms with E-state index in [1.165, 1.54) is 109 Å². The first-order valence-corrected chi connectivity index (χ1v) is 17.0. The van der Waals surface area contributed by atoms with E-state index in [1.807, 2.05) is 0 Å². The van der Waals surface area contributed by atoms with Crippen LogP contribution in [0.15, 0.2) is 24.3 Å². The monoisotopic (exact) mass is 550 g/mol. The van der Waals surface area contributed by atoms with Crippen molar-refractivity contribution in [3.8, 4) is 0 Å². The van der Waals surface area contributed by atoms with Crippen molar-refractivity contribution in [3.63, 3.8) is 0 Å². The smallest absolute Gasteiger partial charge is 0.220 e. The van der Waals surface area contributed by atoms with Crippen molar-refractivity contribution in [1.82, 2.24) is 5.32 Å². The van der Waals surface area contributed by atoms with Crippen molar-refractivity contribution < 1.29 is 15.0 Å². The zero-order chi connectivity index (χ0) is 28.7. The van der Waals surface area contributed by atoms with Crippen molar-refractivity contribution in [2.45, 2.75) is 187 Å². The van der Waals surface area contributed by atoms with E-state index in [2.05, 4.69) is 43.5 Å². The average Bonchev–Trinajstić information content (AvgIpc) is 2.94. The molecule has 0 saturated heterocycles. The van der Waals surface area contributed by atoms with E-state index in [9.17, 15) is 15.0 Å². The molecule has 0 bridgehead atoms. The molecular formula is C35H67NO3. The second kappa shape index (κ2) is 31.4. The van der Waals surface area contributed by atoms with Gasteiger partial charge in [0, 0.05) is 6.42 Å². The topological polar surface area (TPSA) is 69.6 Å². The van der Waals surface area contributed by atoms with Gasteiger partial charge in [-0.2, -0.15) is 0 Å². The highest BCUT2D eigenvalue weighted by molar-refractivity contribution is 5.76. The standard InChI is InChI=1S/C35H67NO3/c1-3-5-7-9-11-13-15-17-18-19-21-23-25-27-29-31-35(39)36-33(32-37)34(38)30-28-26-24-22-20-16-14-12-10-8-6-4-2/h17-18,20,22,33-34,37-38H,3-16,19,21,23-32H2,1-2H3,(H,36,39)/b18-17+,22-20+/t33-,34+/m0/s1. The number of rotatable bonds is 30. The zero-order valence-electron chi connectivity index (χ0n) is 26.2. The second-order valence-corrected chi connectivity index (χ2v) is 11.6. The zero-order valence-corrected chi connectivity index (χ0v) is 26.2. The first-order chi connectivity index (χ1) is 19.2. The van der Waals surface area contributed by atoms with Crippen molar-refractivity contribution in [1.29, 1.82) is 0 Å². The Bertz CT molecular complexity index is 560. The molecule has 0 aromatic rings. The molecular weight excluding hydrogens is 482 g/mol. The van der Waals surface area contributed by atoms with E-state index in [0.29, 0.717) is 12.8 Å². The van der Waals surface area contributed by atoms with Crippen LogP contribution in [0, 0.1) is 0 Å². The van der Waals surface area contributed by atoms with Crippen LogP contribution >= 0.6 is 0 Å². The third kappa shape index (κ3) is 28.2. The lowest BCUT2D eigenvalue weighted by Gasteiger charge is -2.22. The molecule has 0 aliphatic heterocycles. The van der Waals surface area contributed by atoms with Gasteiger partial charge in [0.05, 0.1) is 18.8 Å². The van der Waals surface area contributed by atoms with Crippen LogP contribution in [0.4, 0.5) is 0 Å². The van der Waals surface area contributed by atoms with Crippen molar-refractivity contribution in [2.75, 3.05) is 6.61 Å². The fraction of sp³-hybridized carbons (Fsp3) is 0.857. The van der Waals surface area contributed by atoms with Gasteiger partial charge >= 0.3 is 0 Å². The maximum atomic E-state index is 12.3. The molecule has 4 heteroatoms. The largest absolute Gasteiger partial charge is 0.394 e. The Hall–Kier alpha value is -1.13. The van der Waals surface area contributed by atoms with E-state index >= 15 is 0 Å². The molecule has 0 aliphatic carbocycles. The Labute approximate surface area is 243 Å². The highest BCUT2D eigenvalue weighted by Gasteiger charge is 2.19. The lowest BCUT2D eigenvalue weighted by atomic mass is 10.0. The fourth-order valence-electron chi connectivity index (χ4n) is 4.99. The first-order valence-electron chi connectivity index (χ1n) is 17.0. The van der Waals surface area contributed by atoms with Crippen LogP contribution in [0.2, 0.25) is 0 Å². The van der Waals surface area contributed by atoms with Gasteiger partial charge in [-0.25, -0.2) is 0 Å². The van der Waals surface area contributed by atoms with Gasteiger partial charge in [-0.15, -0.1) is 0 Å². The van der Waals surface area contributed by atoms with Gasteiger partial charge in [0.25, 0.3) is 0 Å². The molecule has 0 unspecified atom stereocenters. The van der Waals surface area contributed by atoms with Crippen LogP contribution < -0.4 is 5.32 Å². The number of carbonyl (C=O) groups is 1. The summed E-state index contributed by atoms with van der Waals surface area (Å²) in [4.78, 5) is 12.3. The lowest BCUT2D eigenvalue weighted by Crippen LogP contribution is -2.45. The molecule has 0 aromatic carbocycles. The molecule has 1 amide bonds. The van der Waals surface area contributed by atoms with Gasteiger partial charge in [0.15, 0.2) is 0 Å².